The summed E-state index contributed by atoms with van der Waals surface area (Å²) in [5, 5.41) is 11.6. The van der Waals surface area contributed by atoms with Crippen molar-refractivity contribution in [2.75, 3.05) is 7.11 Å². The lowest BCUT2D eigenvalue weighted by Gasteiger charge is -2.09. The molecule has 0 heterocycles. The molecule has 0 saturated heterocycles. The Hall–Kier alpha value is -2.31. The topological polar surface area (TPSA) is 78.7 Å². The molecule has 2 rings (SSSR count). The number of ether oxygens (including phenoxy) is 2. The van der Waals surface area contributed by atoms with Crippen molar-refractivity contribution in [3.63, 3.8) is 0 Å². The summed E-state index contributed by atoms with van der Waals surface area (Å²) < 4.78 is 10.0. The molecule has 0 N–H and O–H groups in total. The van der Waals surface area contributed by atoms with E-state index in [0.717, 1.165) is 13.2 Å². The number of nitro benzene ring substituents is 1. The molecule has 0 aromatic heterocycles. The molecule has 0 aliphatic carbocycles. The molecule has 0 aliphatic rings. The van der Waals surface area contributed by atoms with Crippen molar-refractivity contribution in [2.45, 2.75) is 13.8 Å². The van der Waals surface area contributed by atoms with Gasteiger partial charge in [0, 0.05) is 17.2 Å². The van der Waals surface area contributed by atoms with Crippen LogP contribution in [0.1, 0.15) is 24.2 Å². The molecule has 0 fully saturated rings. The number of methoxy groups -OCH3 is 1. The number of rotatable bonds is 4. The minimum atomic E-state index is -0.834. The fraction of sp³-hybridized carbons (Fsp3) is 0.188. The number of nitrogens with zero attached hydrogens (tertiary/aromatic N) is 1. The number of carbonyl (C=O) groups is 1. The molecule has 24 heavy (non-hydrogen) atoms. The summed E-state index contributed by atoms with van der Waals surface area (Å²) in [4.78, 5) is 21.9. The molecule has 0 unspecified atom stereocenters. The molecular formula is C16H15Cl2NO5. The molecule has 2 aromatic carbocycles. The Morgan fingerprint density at radius 3 is 2.33 bits per heavy atom. The van der Waals surface area contributed by atoms with Gasteiger partial charge in [-0.3, -0.25) is 10.1 Å². The summed E-state index contributed by atoms with van der Waals surface area (Å²) >= 11 is 11.8. The van der Waals surface area contributed by atoms with Gasteiger partial charge in [0.1, 0.15) is 17.1 Å². The highest BCUT2D eigenvalue weighted by atomic mass is 35.5. The third-order valence-corrected chi connectivity index (χ3v) is 3.22. The first-order chi connectivity index (χ1) is 11.4. The lowest BCUT2D eigenvalue weighted by molar-refractivity contribution is -0.385. The van der Waals surface area contributed by atoms with Crippen LogP contribution in [0.2, 0.25) is 10.0 Å². The third-order valence-electron chi connectivity index (χ3n) is 2.69. The van der Waals surface area contributed by atoms with Gasteiger partial charge in [-0.05, 0) is 24.3 Å². The van der Waals surface area contributed by atoms with Crippen molar-refractivity contribution in [1.29, 1.82) is 0 Å². The Morgan fingerprint density at radius 2 is 1.79 bits per heavy atom. The van der Waals surface area contributed by atoms with Gasteiger partial charge in [-0.1, -0.05) is 37.0 Å². The fourth-order valence-electron chi connectivity index (χ4n) is 1.70. The largest absolute Gasteiger partial charge is 0.465 e. The second-order valence-corrected chi connectivity index (χ2v) is 4.95. The van der Waals surface area contributed by atoms with E-state index in [1.54, 1.807) is 12.1 Å². The predicted octanol–water partition coefficient (Wildman–Crippen LogP) is 5.51. The molecule has 8 heteroatoms. The van der Waals surface area contributed by atoms with Gasteiger partial charge in [0.15, 0.2) is 0 Å². The monoisotopic (exact) mass is 371 g/mol. The molecule has 0 spiro atoms. The maximum Gasteiger partial charge on any atom is 0.345 e. The van der Waals surface area contributed by atoms with Crippen LogP contribution in [0.15, 0.2) is 36.4 Å². The van der Waals surface area contributed by atoms with Crippen LogP contribution in [0.25, 0.3) is 0 Å². The lowest BCUT2D eigenvalue weighted by Crippen LogP contribution is -2.05. The zero-order valence-electron chi connectivity index (χ0n) is 13.2. The zero-order valence-corrected chi connectivity index (χ0v) is 14.7. The van der Waals surface area contributed by atoms with Crippen LogP contribution in [0.5, 0.6) is 11.5 Å². The average molecular weight is 372 g/mol. The van der Waals surface area contributed by atoms with Gasteiger partial charge in [0.05, 0.1) is 17.1 Å². The lowest BCUT2D eigenvalue weighted by atomic mass is 10.1. The minimum absolute atomic E-state index is 0.204. The molecule has 2 aromatic rings. The SMILES string of the molecule is CC.COC(=O)c1cc(Oc2ccc(Cl)cc2Cl)ccc1[N+](=O)[O-]. The summed E-state index contributed by atoms with van der Waals surface area (Å²) in [6, 6.07) is 8.35. The van der Waals surface area contributed by atoms with E-state index in [1.807, 2.05) is 13.8 Å². The second-order valence-electron chi connectivity index (χ2n) is 4.10. The van der Waals surface area contributed by atoms with Crippen molar-refractivity contribution in [3.05, 3.63) is 62.1 Å². The van der Waals surface area contributed by atoms with E-state index in [-0.39, 0.29) is 22.0 Å². The summed E-state index contributed by atoms with van der Waals surface area (Å²) in [5.74, 6) is -0.328. The van der Waals surface area contributed by atoms with E-state index < -0.39 is 10.9 Å². The molecule has 0 amide bonds. The van der Waals surface area contributed by atoms with Crippen LogP contribution in [-0.2, 0) is 4.74 Å². The Bertz CT molecular complexity index is 749. The molecule has 6 nitrogen and oxygen atoms in total. The number of carbonyl (C=O) groups excluding carboxylic acids is 1. The third kappa shape index (κ3) is 4.84. The van der Waals surface area contributed by atoms with Crippen molar-refractivity contribution in [2.24, 2.45) is 0 Å². The number of halogens is 2. The van der Waals surface area contributed by atoms with E-state index in [1.165, 1.54) is 18.2 Å². The number of hydrogen-bond acceptors (Lipinski definition) is 5. The van der Waals surface area contributed by atoms with E-state index in [4.69, 9.17) is 27.9 Å². The van der Waals surface area contributed by atoms with Crippen molar-refractivity contribution >= 4 is 34.9 Å². The Labute approximate surface area is 149 Å². The smallest absolute Gasteiger partial charge is 0.345 e. The Morgan fingerprint density at radius 1 is 1.12 bits per heavy atom. The van der Waals surface area contributed by atoms with Crippen LogP contribution < -0.4 is 4.74 Å². The van der Waals surface area contributed by atoms with E-state index in [0.29, 0.717) is 10.8 Å². The van der Waals surface area contributed by atoms with Crippen LogP contribution in [0.4, 0.5) is 5.69 Å². The van der Waals surface area contributed by atoms with Crippen molar-refractivity contribution in [1.82, 2.24) is 0 Å². The number of nitro groups is 1. The van der Waals surface area contributed by atoms with Gasteiger partial charge >= 0.3 is 5.97 Å². The molecule has 128 valence electrons. The quantitative estimate of drug-likeness (QED) is 0.402. The first kappa shape index (κ1) is 19.7. The Kier molecular flexibility index (Phi) is 7.48. The summed E-state index contributed by atoms with van der Waals surface area (Å²) in [6.45, 7) is 4.00. The van der Waals surface area contributed by atoms with E-state index >= 15 is 0 Å². The molecular weight excluding hydrogens is 357 g/mol. The van der Waals surface area contributed by atoms with Crippen molar-refractivity contribution in [3.8, 4) is 11.5 Å². The second kappa shape index (κ2) is 9.10. The molecule has 0 atom stereocenters. The minimum Gasteiger partial charge on any atom is -0.465 e. The van der Waals surface area contributed by atoms with Crippen LogP contribution in [0, 0.1) is 10.1 Å². The molecule has 0 radical (unpaired) electrons. The standard InChI is InChI=1S/C14H9Cl2NO5.C2H6/c1-21-14(18)10-7-9(3-4-12(10)17(19)20)22-13-5-2-8(15)6-11(13)16;1-2/h2-7H,1H3;1-2H3. The number of esters is 1. The first-order valence-electron chi connectivity index (χ1n) is 6.92. The molecule has 0 saturated carbocycles. The Balaban J connectivity index is 0.00000139. The van der Waals surface area contributed by atoms with Crippen LogP contribution >= 0.6 is 23.2 Å². The maximum absolute atomic E-state index is 11.6. The normalized spacial score (nSPS) is 9.54. The zero-order chi connectivity index (χ0) is 18.3. The van der Waals surface area contributed by atoms with Gasteiger partial charge in [-0.15, -0.1) is 0 Å². The number of benzene rings is 2. The van der Waals surface area contributed by atoms with Crippen molar-refractivity contribution < 1.29 is 19.2 Å². The van der Waals surface area contributed by atoms with Gasteiger partial charge < -0.3 is 9.47 Å². The highest BCUT2D eigenvalue weighted by molar-refractivity contribution is 6.35. The summed E-state index contributed by atoms with van der Waals surface area (Å²) in [7, 11) is 1.13. The highest BCUT2D eigenvalue weighted by Crippen LogP contribution is 2.33. The molecule has 0 bridgehead atoms. The molecule has 0 aliphatic heterocycles. The first-order valence-corrected chi connectivity index (χ1v) is 7.67. The fourth-order valence-corrected chi connectivity index (χ4v) is 2.14. The van der Waals surface area contributed by atoms with E-state index in [9.17, 15) is 14.9 Å². The highest BCUT2D eigenvalue weighted by Gasteiger charge is 2.22. The van der Waals surface area contributed by atoms with Gasteiger partial charge in [-0.25, -0.2) is 4.79 Å². The predicted molar refractivity (Wildman–Crippen MR) is 92.3 cm³/mol. The van der Waals surface area contributed by atoms with E-state index in [2.05, 4.69) is 4.74 Å². The van der Waals surface area contributed by atoms with Gasteiger partial charge in [-0.2, -0.15) is 0 Å². The maximum atomic E-state index is 11.6. The van der Waals surface area contributed by atoms with Crippen LogP contribution in [-0.4, -0.2) is 18.0 Å². The van der Waals surface area contributed by atoms with Crippen LogP contribution in [0.3, 0.4) is 0 Å². The van der Waals surface area contributed by atoms with Gasteiger partial charge in [0.25, 0.3) is 5.69 Å². The summed E-state index contributed by atoms with van der Waals surface area (Å²) in [5.41, 5.74) is -0.587. The average Bonchev–Trinajstić information content (AvgIpc) is 2.58. The van der Waals surface area contributed by atoms with Gasteiger partial charge in [0.2, 0.25) is 0 Å². The number of hydrogen-bond donors (Lipinski definition) is 0. The summed E-state index contributed by atoms with van der Waals surface area (Å²) in [6.07, 6.45) is 0.